The first-order chi connectivity index (χ1) is 8.04. The van der Waals surface area contributed by atoms with Crippen LogP contribution >= 0.6 is 23.2 Å². The molecule has 0 saturated heterocycles. The van der Waals surface area contributed by atoms with Crippen LogP contribution in [-0.2, 0) is 9.53 Å². The third-order valence-corrected chi connectivity index (χ3v) is 2.74. The van der Waals surface area contributed by atoms with Gasteiger partial charge in [0, 0.05) is 5.69 Å². The maximum absolute atomic E-state index is 11.5. The van der Waals surface area contributed by atoms with Crippen LogP contribution in [0.2, 0.25) is 10.0 Å². The fourth-order valence-electron chi connectivity index (χ4n) is 1.16. The highest BCUT2D eigenvalue weighted by molar-refractivity contribution is 6.42. The number of anilines is 1. The number of rotatable bonds is 5. The van der Waals surface area contributed by atoms with Crippen LogP contribution < -0.4 is 5.32 Å². The fraction of sp³-hybridized carbons (Fsp3) is 0.250. The summed E-state index contributed by atoms with van der Waals surface area (Å²) in [6.07, 6.45) is 1.52. The lowest BCUT2D eigenvalue weighted by atomic mass is 10.2. The molecule has 1 aromatic rings. The number of hydrogen-bond acceptors (Lipinski definition) is 3. The number of ether oxygens (including phenoxy) is 1. The lowest BCUT2D eigenvalue weighted by Gasteiger charge is -2.14. The van der Waals surface area contributed by atoms with Gasteiger partial charge in [-0.3, -0.25) is 0 Å². The van der Waals surface area contributed by atoms with Crippen LogP contribution in [0.25, 0.3) is 0 Å². The molecule has 3 nitrogen and oxygen atoms in total. The van der Waals surface area contributed by atoms with Crippen molar-refractivity contribution in [2.24, 2.45) is 0 Å². The van der Waals surface area contributed by atoms with Gasteiger partial charge in [-0.15, -0.1) is 0 Å². The van der Waals surface area contributed by atoms with Crippen molar-refractivity contribution in [3.8, 4) is 0 Å². The third-order valence-electron chi connectivity index (χ3n) is 2.00. The molecule has 0 radical (unpaired) electrons. The van der Waals surface area contributed by atoms with Gasteiger partial charge in [0.2, 0.25) is 0 Å². The highest BCUT2D eigenvalue weighted by Crippen LogP contribution is 2.25. The SMILES string of the molecule is C=CCOC(=O)C(C)Nc1ccc(Cl)c(Cl)c1. The minimum atomic E-state index is -0.466. The Balaban J connectivity index is 2.61. The Bertz CT molecular complexity index is 421. The van der Waals surface area contributed by atoms with E-state index in [9.17, 15) is 4.79 Å². The van der Waals surface area contributed by atoms with Gasteiger partial charge in [0.1, 0.15) is 12.6 Å². The van der Waals surface area contributed by atoms with Gasteiger partial charge in [0.05, 0.1) is 10.0 Å². The molecular formula is C12H13Cl2NO2. The summed E-state index contributed by atoms with van der Waals surface area (Å²) in [5.41, 5.74) is 0.711. The number of hydrogen-bond donors (Lipinski definition) is 1. The number of nitrogens with one attached hydrogen (secondary N) is 1. The number of esters is 1. The molecule has 1 atom stereocenters. The Morgan fingerprint density at radius 2 is 2.24 bits per heavy atom. The van der Waals surface area contributed by atoms with Gasteiger partial charge >= 0.3 is 5.97 Å². The van der Waals surface area contributed by atoms with Gasteiger partial charge < -0.3 is 10.1 Å². The molecule has 0 aliphatic rings. The van der Waals surface area contributed by atoms with Gasteiger partial charge in [-0.05, 0) is 25.1 Å². The topological polar surface area (TPSA) is 38.3 Å². The largest absolute Gasteiger partial charge is 0.460 e. The summed E-state index contributed by atoms with van der Waals surface area (Å²) in [6, 6.07) is 4.59. The van der Waals surface area contributed by atoms with E-state index in [0.29, 0.717) is 15.7 Å². The first-order valence-corrected chi connectivity index (χ1v) is 5.79. The molecule has 0 heterocycles. The second-order valence-corrected chi connectivity index (χ2v) is 4.23. The van der Waals surface area contributed by atoms with E-state index in [4.69, 9.17) is 27.9 Å². The van der Waals surface area contributed by atoms with Crippen LogP contribution in [0, 0.1) is 0 Å². The number of halogens is 2. The van der Waals surface area contributed by atoms with Gasteiger partial charge in [0.15, 0.2) is 0 Å². The standard InChI is InChI=1S/C12H13Cl2NO2/c1-3-6-17-12(16)8(2)15-9-4-5-10(13)11(14)7-9/h3-5,7-8,15H,1,6H2,2H3. The predicted octanol–water partition coefficient (Wildman–Crippen LogP) is 3.52. The van der Waals surface area contributed by atoms with E-state index in [1.54, 1.807) is 25.1 Å². The Hall–Kier alpha value is -1.19. The molecule has 0 bridgehead atoms. The second kappa shape index (κ2) is 6.52. The molecule has 0 amide bonds. The quantitative estimate of drug-likeness (QED) is 0.659. The van der Waals surface area contributed by atoms with Crippen molar-refractivity contribution in [2.45, 2.75) is 13.0 Å². The molecule has 1 unspecified atom stereocenters. The van der Waals surface area contributed by atoms with Crippen LogP contribution in [0.5, 0.6) is 0 Å². The summed E-state index contributed by atoms with van der Waals surface area (Å²) in [7, 11) is 0. The molecule has 0 spiro atoms. The monoisotopic (exact) mass is 273 g/mol. The third kappa shape index (κ3) is 4.29. The van der Waals surface area contributed by atoms with Crippen molar-refractivity contribution >= 4 is 34.9 Å². The zero-order valence-electron chi connectivity index (χ0n) is 9.37. The lowest BCUT2D eigenvalue weighted by molar-refractivity contribution is -0.142. The highest BCUT2D eigenvalue weighted by atomic mass is 35.5. The molecule has 0 saturated carbocycles. The fourth-order valence-corrected chi connectivity index (χ4v) is 1.46. The average Bonchev–Trinajstić information content (AvgIpc) is 2.30. The molecule has 1 rings (SSSR count). The van der Waals surface area contributed by atoms with Gasteiger partial charge in [-0.25, -0.2) is 4.79 Å². The van der Waals surface area contributed by atoms with Crippen LogP contribution in [0.4, 0.5) is 5.69 Å². The van der Waals surface area contributed by atoms with Crippen molar-refractivity contribution in [3.05, 3.63) is 40.9 Å². The molecule has 0 aromatic heterocycles. The van der Waals surface area contributed by atoms with E-state index in [1.165, 1.54) is 6.08 Å². The summed E-state index contributed by atoms with van der Waals surface area (Å²) in [6.45, 7) is 5.37. The summed E-state index contributed by atoms with van der Waals surface area (Å²) >= 11 is 11.6. The molecule has 5 heteroatoms. The predicted molar refractivity (Wildman–Crippen MR) is 70.7 cm³/mol. The van der Waals surface area contributed by atoms with E-state index in [-0.39, 0.29) is 12.6 Å². The van der Waals surface area contributed by atoms with Crippen LogP contribution in [0.3, 0.4) is 0 Å². The number of carbonyl (C=O) groups excluding carboxylic acids is 1. The van der Waals surface area contributed by atoms with Crippen molar-refractivity contribution in [3.63, 3.8) is 0 Å². The lowest BCUT2D eigenvalue weighted by Crippen LogP contribution is -2.28. The van der Waals surface area contributed by atoms with Crippen LogP contribution in [-0.4, -0.2) is 18.6 Å². The average molecular weight is 274 g/mol. The summed E-state index contributed by atoms with van der Waals surface area (Å²) in [4.78, 5) is 11.5. The Kier molecular flexibility index (Phi) is 5.32. The Morgan fingerprint density at radius 1 is 1.53 bits per heavy atom. The smallest absolute Gasteiger partial charge is 0.328 e. The van der Waals surface area contributed by atoms with E-state index < -0.39 is 6.04 Å². The molecule has 1 N–H and O–H groups in total. The molecule has 0 fully saturated rings. The van der Waals surface area contributed by atoms with Crippen molar-refractivity contribution in [2.75, 3.05) is 11.9 Å². The number of benzene rings is 1. The van der Waals surface area contributed by atoms with E-state index >= 15 is 0 Å². The molecule has 0 aliphatic carbocycles. The molecule has 1 aromatic carbocycles. The maximum atomic E-state index is 11.5. The van der Waals surface area contributed by atoms with Crippen LogP contribution in [0.15, 0.2) is 30.9 Å². The van der Waals surface area contributed by atoms with Gasteiger partial charge in [-0.2, -0.15) is 0 Å². The van der Waals surface area contributed by atoms with E-state index in [0.717, 1.165) is 0 Å². The molecule has 92 valence electrons. The maximum Gasteiger partial charge on any atom is 0.328 e. The summed E-state index contributed by atoms with van der Waals surface area (Å²) < 4.78 is 4.90. The molecule has 17 heavy (non-hydrogen) atoms. The second-order valence-electron chi connectivity index (χ2n) is 3.41. The minimum absolute atomic E-state index is 0.201. The van der Waals surface area contributed by atoms with E-state index in [1.807, 2.05) is 0 Å². The van der Waals surface area contributed by atoms with Gasteiger partial charge in [0.25, 0.3) is 0 Å². The summed E-state index contributed by atoms with van der Waals surface area (Å²) in [5.74, 6) is -0.351. The zero-order valence-corrected chi connectivity index (χ0v) is 10.9. The molecule has 0 aliphatic heterocycles. The Morgan fingerprint density at radius 3 is 2.82 bits per heavy atom. The number of carbonyl (C=O) groups is 1. The highest BCUT2D eigenvalue weighted by Gasteiger charge is 2.13. The van der Waals surface area contributed by atoms with Crippen molar-refractivity contribution in [1.82, 2.24) is 0 Å². The normalized spacial score (nSPS) is 11.7. The van der Waals surface area contributed by atoms with Gasteiger partial charge in [-0.1, -0.05) is 35.9 Å². The van der Waals surface area contributed by atoms with Crippen LogP contribution in [0.1, 0.15) is 6.92 Å². The first kappa shape index (κ1) is 13.9. The van der Waals surface area contributed by atoms with E-state index in [2.05, 4.69) is 11.9 Å². The molecular weight excluding hydrogens is 261 g/mol. The zero-order chi connectivity index (χ0) is 12.8. The first-order valence-electron chi connectivity index (χ1n) is 5.03. The minimum Gasteiger partial charge on any atom is -0.460 e. The van der Waals surface area contributed by atoms with Crippen molar-refractivity contribution < 1.29 is 9.53 Å². The summed E-state index contributed by atoms with van der Waals surface area (Å²) in [5, 5.41) is 3.87. The Labute approximate surface area is 110 Å². The van der Waals surface area contributed by atoms with Crippen molar-refractivity contribution in [1.29, 1.82) is 0 Å².